The second-order valence-corrected chi connectivity index (χ2v) is 5.02. The molecule has 0 spiro atoms. The summed E-state index contributed by atoms with van der Waals surface area (Å²) in [6.45, 7) is 2.97. The minimum Gasteiger partial charge on any atom is -0.342 e. The van der Waals surface area contributed by atoms with Gasteiger partial charge < -0.3 is 4.57 Å². The molecule has 0 amide bonds. The minimum atomic E-state index is 0.810. The Labute approximate surface area is 112 Å². The Morgan fingerprint density at radius 1 is 1.06 bits per heavy atom. The molecule has 0 aliphatic carbocycles. The molecule has 0 saturated carbocycles. The van der Waals surface area contributed by atoms with E-state index in [1.165, 1.54) is 16.5 Å². The Balaban J connectivity index is 2.05. The van der Waals surface area contributed by atoms with Crippen molar-refractivity contribution >= 4 is 22.5 Å². The summed E-state index contributed by atoms with van der Waals surface area (Å²) in [6, 6.07) is 16.7. The largest absolute Gasteiger partial charge is 0.342 e. The van der Waals surface area contributed by atoms with Crippen LogP contribution in [0, 0.1) is 6.92 Å². The lowest BCUT2D eigenvalue weighted by Crippen LogP contribution is -1.98. The van der Waals surface area contributed by atoms with Gasteiger partial charge in [0, 0.05) is 18.1 Å². The highest BCUT2D eigenvalue weighted by molar-refractivity contribution is 6.35. The number of aromatic nitrogens is 1. The topological polar surface area (TPSA) is 4.93 Å². The van der Waals surface area contributed by atoms with Gasteiger partial charge in [-0.2, -0.15) is 0 Å². The normalized spacial score (nSPS) is 11.0. The zero-order valence-corrected chi connectivity index (χ0v) is 11.0. The highest BCUT2D eigenvalue weighted by Gasteiger charge is 2.05. The molecular formula is C16H14ClN. The van der Waals surface area contributed by atoms with E-state index >= 15 is 0 Å². The summed E-state index contributed by atoms with van der Waals surface area (Å²) in [7, 11) is 0. The van der Waals surface area contributed by atoms with E-state index in [2.05, 4.69) is 54.1 Å². The second kappa shape index (κ2) is 4.51. The number of aryl methyl sites for hydroxylation is 1. The SMILES string of the molecule is Cc1cccc(Cn2ccc3cccc(Cl)c32)c1. The van der Waals surface area contributed by atoms with Crippen LogP contribution < -0.4 is 0 Å². The molecule has 0 atom stereocenters. The van der Waals surface area contributed by atoms with Crippen LogP contribution >= 0.6 is 11.6 Å². The molecule has 0 aliphatic heterocycles. The van der Waals surface area contributed by atoms with Crippen molar-refractivity contribution in [1.29, 1.82) is 0 Å². The van der Waals surface area contributed by atoms with Gasteiger partial charge in [-0.15, -0.1) is 0 Å². The Kier molecular flexibility index (Phi) is 2.85. The third-order valence-electron chi connectivity index (χ3n) is 3.17. The van der Waals surface area contributed by atoms with Gasteiger partial charge in [0.15, 0.2) is 0 Å². The molecule has 1 heterocycles. The van der Waals surface area contributed by atoms with Crippen molar-refractivity contribution in [3.63, 3.8) is 0 Å². The van der Waals surface area contributed by atoms with Gasteiger partial charge in [0.05, 0.1) is 10.5 Å². The van der Waals surface area contributed by atoms with Gasteiger partial charge in [-0.1, -0.05) is 53.6 Å². The van der Waals surface area contributed by atoms with Crippen molar-refractivity contribution in [2.75, 3.05) is 0 Å². The summed E-state index contributed by atoms with van der Waals surface area (Å²) in [5.74, 6) is 0. The van der Waals surface area contributed by atoms with E-state index in [0.717, 1.165) is 17.1 Å². The maximum absolute atomic E-state index is 6.28. The predicted octanol–water partition coefficient (Wildman–Crippen LogP) is 4.65. The van der Waals surface area contributed by atoms with E-state index in [4.69, 9.17) is 11.6 Å². The van der Waals surface area contributed by atoms with Gasteiger partial charge in [-0.25, -0.2) is 0 Å². The van der Waals surface area contributed by atoms with Crippen LogP contribution in [0.5, 0.6) is 0 Å². The van der Waals surface area contributed by atoms with E-state index in [9.17, 15) is 0 Å². The lowest BCUT2D eigenvalue weighted by molar-refractivity contribution is 0.836. The molecule has 0 N–H and O–H groups in total. The van der Waals surface area contributed by atoms with Crippen molar-refractivity contribution < 1.29 is 0 Å². The first-order valence-corrected chi connectivity index (χ1v) is 6.41. The molecule has 0 unspecified atom stereocenters. The van der Waals surface area contributed by atoms with Crippen LogP contribution in [0.15, 0.2) is 54.7 Å². The average Bonchev–Trinajstić information content (AvgIpc) is 2.74. The third kappa shape index (κ3) is 2.02. The van der Waals surface area contributed by atoms with Crippen molar-refractivity contribution in [1.82, 2.24) is 4.57 Å². The smallest absolute Gasteiger partial charge is 0.0672 e. The first-order chi connectivity index (χ1) is 8.74. The molecule has 1 aromatic heterocycles. The lowest BCUT2D eigenvalue weighted by atomic mass is 10.1. The van der Waals surface area contributed by atoms with Crippen LogP contribution in [0.1, 0.15) is 11.1 Å². The number of fused-ring (bicyclic) bond motifs is 1. The molecule has 0 radical (unpaired) electrons. The number of benzene rings is 2. The van der Waals surface area contributed by atoms with E-state index in [-0.39, 0.29) is 0 Å². The standard InChI is InChI=1S/C16H14ClN/c1-12-4-2-5-13(10-12)11-18-9-8-14-6-3-7-15(17)16(14)18/h2-10H,11H2,1H3. The van der Waals surface area contributed by atoms with E-state index < -0.39 is 0 Å². The summed E-state index contributed by atoms with van der Waals surface area (Å²) < 4.78 is 2.20. The lowest BCUT2D eigenvalue weighted by Gasteiger charge is -2.07. The average molecular weight is 256 g/mol. The molecule has 2 aromatic carbocycles. The first-order valence-electron chi connectivity index (χ1n) is 6.03. The molecule has 2 heteroatoms. The monoisotopic (exact) mass is 255 g/mol. The Bertz CT molecular complexity index is 697. The fourth-order valence-corrected chi connectivity index (χ4v) is 2.64. The number of para-hydroxylation sites is 1. The summed E-state index contributed by atoms with van der Waals surface area (Å²) in [4.78, 5) is 0. The van der Waals surface area contributed by atoms with Gasteiger partial charge in [0.2, 0.25) is 0 Å². The maximum Gasteiger partial charge on any atom is 0.0672 e. The van der Waals surface area contributed by atoms with Crippen molar-refractivity contribution in [2.45, 2.75) is 13.5 Å². The van der Waals surface area contributed by atoms with Crippen molar-refractivity contribution in [3.8, 4) is 0 Å². The molecule has 0 saturated heterocycles. The van der Waals surface area contributed by atoms with E-state index in [1.54, 1.807) is 0 Å². The van der Waals surface area contributed by atoms with Crippen LogP contribution in [-0.2, 0) is 6.54 Å². The predicted molar refractivity (Wildman–Crippen MR) is 77.2 cm³/mol. The quantitative estimate of drug-likeness (QED) is 0.628. The van der Waals surface area contributed by atoms with Crippen LogP contribution in [0.2, 0.25) is 5.02 Å². The fourth-order valence-electron chi connectivity index (χ4n) is 2.35. The van der Waals surface area contributed by atoms with Crippen LogP contribution in [0.3, 0.4) is 0 Å². The van der Waals surface area contributed by atoms with Crippen LogP contribution in [-0.4, -0.2) is 4.57 Å². The summed E-state index contributed by atoms with van der Waals surface area (Å²) in [5, 5.41) is 2.00. The van der Waals surface area contributed by atoms with Gasteiger partial charge in [0.1, 0.15) is 0 Å². The van der Waals surface area contributed by atoms with Gasteiger partial charge >= 0.3 is 0 Å². The molecule has 3 aromatic rings. The molecule has 1 nitrogen and oxygen atoms in total. The number of hydrogen-bond acceptors (Lipinski definition) is 0. The third-order valence-corrected chi connectivity index (χ3v) is 3.48. The summed E-state index contributed by atoms with van der Waals surface area (Å²) >= 11 is 6.28. The van der Waals surface area contributed by atoms with Gasteiger partial charge in [0.25, 0.3) is 0 Å². The summed E-state index contributed by atoms with van der Waals surface area (Å²) in [6.07, 6.45) is 2.10. The van der Waals surface area contributed by atoms with Crippen molar-refractivity contribution in [3.05, 3.63) is 70.9 Å². The molecule has 3 rings (SSSR count). The Hall–Kier alpha value is -1.73. The number of rotatable bonds is 2. The molecule has 0 aliphatic rings. The van der Waals surface area contributed by atoms with Gasteiger partial charge in [-0.3, -0.25) is 0 Å². The van der Waals surface area contributed by atoms with E-state index in [1.807, 2.05) is 12.1 Å². The highest BCUT2D eigenvalue weighted by atomic mass is 35.5. The number of hydrogen-bond donors (Lipinski definition) is 0. The number of nitrogens with zero attached hydrogens (tertiary/aromatic N) is 1. The first kappa shape index (κ1) is 11.4. The van der Waals surface area contributed by atoms with Crippen LogP contribution in [0.25, 0.3) is 10.9 Å². The second-order valence-electron chi connectivity index (χ2n) is 4.61. The Morgan fingerprint density at radius 2 is 1.89 bits per heavy atom. The van der Waals surface area contributed by atoms with Gasteiger partial charge in [-0.05, 0) is 24.6 Å². The maximum atomic E-state index is 6.28. The molecular weight excluding hydrogens is 242 g/mol. The zero-order valence-electron chi connectivity index (χ0n) is 10.2. The van der Waals surface area contributed by atoms with Crippen molar-refractivity contribution in [2.24, 2.45) is 0 Å². The summed E-state index contributed by atoms with van der Waals surface area (Å²) in [5.41, 5.74) is 3.70. The van der Waals surface area contributed by atoms with E-state index in [0.29, 0.717) is 0 Å². The molecule has 0 fully saturated rings. The Morgan fingerprint density at radius 3 is 2.72 bits per heavy atom. The molecule has 90 valence electrons. The minimum absolute atomic E-state index is 0.810. The highest BCUT2D eigenvalue weighted by Crippen LogP contribution is 2.25. The zero-order chi connectivity index (χ0) is 12.5. The molecule has 0 bridgehead atoms. The fraction of sp³-hybridized carbons (Fsp3) is 0.125. The van der Waals surface area contributed by atoms with Crippen LogP contribution in [0.4, 0.5) is 0 Å². The molecule has 18 heavy (non-hydrogen) atoms. The number of halogens is 1.